The first kappa shape index (κ1) is 16.0. The molecule has 23 heavy (non-hydrogen) atoms. The van der Waals surface area contributed by atoms with Crippen molar-refractivity contribution in [3.05, 3.63) is 71.3 Å². The average molecular weight is 311 g/mol. The quantitative estimate of drug-likeness (QED) is 0.491. The number of nitrogens with two attached hydrogens (primary N) is 3. The van der Waals surface area contributed by atoms with Gasteiger partial charge in [0.25, 0.3) is 0 Å². The summed E-state index contributed by atoms with van der Waals surface area (Å²) in [5.74, 6) is -0.935. The van der Waals surface area contributed by atoms with Crippen LogP contribution >= 0.6 is 0 Å². The molecule has 0 aliphatic rings. The van der Waals surface area contributed by atoms with Crippen LogP contribution in [0, 0.1) is 0 Å². The first-order valence-corrected chi connectivity index (χ1v) is 6.83. The van der Waals surface area contributed by atoms with Crippen molar-refractivity contribution in [3.8, 4) is 0 Å². The number of primary amides is 1. The second-order valence-corrected chi connectivity index (χ2v) is 4.78. The summed E-state index contributed by atoms with van der Waals surface area (Å²) in [4.78, 5) is 27.0. The SMILES string of the molecule is NC(=O)c1ccccc1C(NC(=O)N=C(N)N)c1ccccc1. The van der Waals surface area contributed by atoms with Crippen LogP contribution in [-0.2, 0) is 0 Å². The van der Waals surface area contributed by atoms with Gasteiger partial charge < -0.3 is 22.5 Å². The van der Waals surface area contributed by atoms with Crippen LogP contribution in [0.2, 0.25) is 0 Å². The zero-order valence-electron chi connectivity index (χ0n) is 12.3. The maximum atomic E-state index is 11.9. The monoisotopic (exact) mass is 311 g/mol. The minimum atomic E-state index is -0.710. The largest absolute Gasteiger partial charge is 0.370 e. The number of guanidine groups is 1. The van der Waals surface area contributed by atoms with E-state index < -0.39 is 18.0 Å². The molecule has 1 unspecified atom stereocenters. The number of rotatable bonds is 4. The Morgan fingerprint density at radius 1 is 0.913 bits per heavy atom. The van der Waals surface area contributed by atoms with Crippen molar-refractivity contribution in [1.29, 1.82) is 0 Å². The Kier molecular flexibility index (Phi) is 4.93. The molecule has 0 fully saturated rings. The fourth-order valence-electron chi connectivity index (χ4n) is 2.23. The predicted octanol–water partition coefficient (Wildman–Crippen LogP) is 0.858. The van der Waals surface area contributed by atoms with Crippen molar-refractivity contribution in [3.63, 3.8) is 0 Å². The highest BCUT2D eigenvalue weighted by Gasteiger charge is 2.21. The van der Waals surface area contributed by atoms with Gasteiger partial charge in [0.05, 0.1) is 6.04 Å². The zero-order valence-corrected chi connectivity index (χ0v) is 12.3. The molecule has 0 heterocycles. The molecule has 7 N–H and O–H groups in total. The number of hydrogen-bond donors (Lipinski definition) is 4. The van der Waals surface area contributed by atoms with Gasteiger partial charge in [-0.1, -0.05) is 48.5 Å². The topological polar surface area (TPSA) is 137 Å². The highest BCUT2D eigenvalue weighted by molar-refractivity contribution is 5.95. The van der Waals surface area contributed by atoms with Crippen LogP contribution in [0.4, 0.5) is 4.79 Å². The summed E-state index contributed by atoms with van der Waals surface area (Å²) in [6.45, 7) is 0. The molecule has 2 rings (SSSR count). The van der Waals surface area contributed by atoms with Crippen LogP contribution in [-0.4, -0.2) is 17.9 Å². The Morgan fingerprint density at radius 2 is 1.52 bits per heavy atom. The first-order valence-electron chi connectivity index (χ1n) is 6.83. The van der Waals surface area contributed by atoms with Gasteiger partial charge in [-0.15, -0.1) is 0 Å². The molecule has 2 aromatic carbocycles. The number of benzene rings is 2. The normalized spacial score (nSPS) is 11.3. The molecule has 2 aromatic rings. The van der Waals surface area contributed by atoms with Gasteiger partial charge in [0.15, 0.2) is 5.96 Å². The second-order valence-electron chi connectivity index (χ2n) is 4.78. The standard InChI is InChI=1S/C16H17N5O2/c17-14(22)12-9-5-4-8-11(12)13(10-6-2-1-3-7-10)20-16(23)21-15(18)19/h1-9,13H,(H2,17,22)(H5,18,19,20,21,23). The molecule has 0 radical (unpaired) electrons. The number of carbonyl (C=O) groups excluding carboxylic acids is 2. The number of amides is 3. The molecule has 3 amide bonds. The third-order valence-electron chi connectivity index (χ3n) is 3.17. The van der Waals surface area contributed by atoms with E-state index in [1.807, 2.05) is 30.3 Å². The van der Waals surface area contributed by atoms with Crippen LogP contribution in [0.1, 0.15) is 27.5 Å². The van der Waals surface area contributed by atoms with E-state index in [0.717, 1.165) is 5.56 Å². The summed E-state index contributed by atoms with van der Waals surface area (Å²) in [7, 11) is 0. The van der Waals surface area contributed by atoms with Gasteiger partial charge in [0, 0.05) is 5.56 Å². The lowest BCUT2D eigenvalue weighted by Crippen LogP contribution is -2.32. The Labute approximate surface area is 133 Å². The van der Waals surface area contributed by atoms with Crippen LogP contribution in [0.25, 0.3) is 0 Å². The number of carbonyl (C=O) groups is 2. The number of nitrogens with zero attached hydrogens (tertiary/aromatic N) is 1. The minimum Gasteiger partial charge on any atom is -0.370 e. The van der Waals surface area contributed by atoms with Gasteiger partial charge in [-0.25, -0.2) is 4.79 Å². The number of aliphatic imine (C=N–C) groups is 1. The molecule has 7 heteroatoms. The van der Waals surface area contributed by atoms with Gasteiger partial charge in [-0.05, 0) is 17.2 Å². The van der Waals surface area contributed by atoms with Crippen molar-refractivity contribution < 1.29 is 9.59 Å². The van der Waals surface area contributed by atoms with E-state index >= 15 is 0 Å². The van der Waals surface area contributed by atoms with E-state index in [-0.39, 0.29) is 5.96 Å². The van der Waals surface area contributed by atoms with Gasteiger partial charge in [0.2, 0.25) is 5.91 Å². The summed E-state index contributed by atoms with van der Waals surface area (Å²) in [6, 6.07) is 14.6. The number of urea groups is 1. The van der Waals surface area contributed by atoms with E-state index in [9.17, 15) is 9.59 Å². The molecule has 0 spiro atoms. The summed E-state index contributed by atoms with van der Waals surface area (Å²) < 4.78 is 0. The molecular formula is C16H17N5O2. The molecule has 0 saturated heterocycles. The fraction of sp³-hybridized carbons (Fsp3) is 0.0625. The molecule has 0 aromatic heterocycles. The highest BCUT2D eigenvalue weighted by Crippen LogP contribution is 2.25. The Hall–Kier alpha value is -3.35. The maximum absolute atomic E-state index is 11.9. The van der Waals surface area contributed by atoms with Crippen molar-refractivity contribution in [2.75, 3.05) is 0 Å². The molecular weight excluding hydrogens is 294 g/mol. The van der Waals surface area contributed by atoms with Crippen molar-refractivity contribution in [2.24, 2.45) is 22.2 Å². The fourth-order valence-corrected chi connectivity index (χ4v) is 2.23. The Morgan fingerprint density at radius 3 is 2.13 bits per heavy atom. The zero-order chi connectivity index (χ0) is 16.8. The summed E-state index contributed by atoms with van der Waals surface area (Å²) in [5.41, 5.74) is 17.5. The third-order valence-corrected chi connectivity index (χ3v) is 3.17. The van der Waals surface area contributed by atoms with Gasteiger partial charge in [0.1, 0.15) is 0 Å². The van der Waals surface area contributed by atoms with E-state index in [4.69, 9.17) is 17.2 Å². The lowest BCUT2D eigenvalue weighted by Gasteiger charge is -2.20. The summed E-state index contributed by atoms with van der Waals surface area (Å²) in [5, 5.41) is 2.68. The molecule has 1 atom stereocenters. The molecule has 7 nitrogen and oxygen atoms in total. The van der Waals surface area contributed by atoms with Gasteiger partial charge >= 0.3 is 6.03 Å². The lowest BCUT2D eigenvalue weighted by molar-refractivity contribution is 0.0999. The molecule has 0 bridgehead atoms. The van der Waals surface area contributed by atoms with Crippen LogP contribution in [0.15, 0.2) is 59.6 Å². The minimum absolute atomic E-state index is 0.311. The third kappa shape index (κ3) is 4.07. The average Bonchev–Trinajstić information content (AvgIpc) is 2.53. The predicted molar refractivity (Wildman–Crippen MR) is 87.6 cm³/mol. The Balaban J connectivity index is 2.49. The molecule has 118 valence electrons. The van der Waals surface area contributed by atoms with E-state index in [2.05, 4.69) is 10.3 Å². The highest BCUT2D eigenvalue weighted by atomic mass is 16.2. The van der Waals surface area contributed by atoms with E-state index in [1.165, 1.54) is 0 Å². The smallest absolute Gasteiger partial charge is 0.344 e. The van der Waals surface area contributed by atoms with Crippen molar-refractivity contribution in [2.45, 2.75) is 6.04 Å². The van der Waals surface area contributed by atoms with Crippen molar-refractivity contribution in [1.82, 2.24) is 5.32 Å². The van der Waals surface area contributed by atoms with Gasteiger partial charge in [-0.3, -0.25) is 4.79 Å². The molecule has 0 saturated carbocycles. The number of nitrogens with one attached hydrogen (secondary N) is 1. The van der Waals surface area contributed by atoms with Crippen LogP contribution < -0.4 is 22.5 Å². The maximum Gasteiger partial charge on any atom is 0.344 e. The van der Waals surface area contributed by atoms with Gasteiger partial charge in [-0.2, -0.15) is 4.99 Å². The van der Waals surface area contributed by atoms with Crippen molar-refractivity contribution >= 4 is 17.9 Å². The Bertz CT molecular complexity index is 739. The van der Waals surface area contributed by atoms with Crippen LogP contribution in [0.3, 0.4) is 0 Å². The van der Waals surface area contributed by atoms with E-state index in [0.29, 0.717) is 11.1 Å². The molecule has 0 aliphatic heterocycles. The second kappa shape index (κ2) is 7.08. The van der Waals surface area contributed by atoms with E-state index in [1.54, 1.807) is 24.3 Å². The number of hydrogen-bond acceptors (Lipinski definition) is 2. The summed E-state index contributed by atoms with van der Waals surface area (Å²) in [6.07, 6.45) is 0. The lowest BCUT2D eigenvalue weighted by atomic mass is 9.94. The van der Waals surface area contributed by atoms with Crippen LogP contribution in [0.5, 0.6) is 0 Å². The molecule has 0 aliphatic carbocycles. The summed E-state index contributed by atoms with van der Waals surface area (Å²) >= 11 is 0. The first-order chi connectivity index (χ1) is 11.0.